The van der Waals surface area contributed by atoms with E-state index in [4.69, 9.17) is 10.5 Å². The third-order valence-electron chi connectivity index (χ3n) is 3.10. The van der Waals surface area contributed by atoms with E-state index >= 15 is 0 Å². The normalized spacial score (nSPS) is 19.0. The van der Waals surface area contributed by atoms with Gasteiger partial charge in [-0.15, -0.1) is 0 Å². The summed E-state index contributed by atoms with van der Waals surface area (Å²) in [6.45, 7) is 1.58. The van der Waals surface area contributed by atoms with Crippen molar-refractivity contribution in [2.75, 3.05) is 18.9 Å². The molecule has 100 valence electrons. The predicted molar refractivity (Wildman–Crippen MR) is 68.2 cm³/mol. The molecule has 0 bridgehead atoms. The molecule has 6 nitrogen and oxygen atoms in total. The highest BCUT2D eigenvalue weighted by Gasteiger charge is 2.14. The fraction of sp³-hybridized carbons (Fsp3) is 0.667. The first kappa shape index (κ1) is 12.9. The highest BCUT2D eigenvalue weighted by molar-refractivity contribution is 5.92. The number of ether oxygens (including phenoxy) is 1. The molecule has 0 saturated carbocycles. The number of nitrogens with two attached hydrogens (primary N) is 1. The number of nitrogens with one attached hydrogen (secondary N) is 2. The van der Waals surface area contributed by atoms with Crippen molar-refractivity contribution in [1.29, 1.82) is 0 Å². The van der Waals surface area contributed by atoms with Crippen LogP contribution in [0.2, 0.25) is 0 Å². The van der Waals surface area contributed by atoms with Gasteiger partial charge in [-0.1, -0.05) is 0 Å². The van der Waals surface area contributed by atoms with Gasteiger partial charge in [0.25, 0.3) is 5.91 Å². The van der Waals surface area contributed by atoms with Crippen molar-refractivity contribution in [1.82, 2.24) is 15.5 Å². The minimum Gasteiger partial charge on any atom is -0.382 e. The summed E-state index contributed by atoms with van der Waals surface area (Å²) in [6.07, 6.45) is 5.94. The topological polar surface area (TPSA) is 93.0 Å². The number of aromatic nitrogens is 2. The fourth-order valence-electron chi connectivity index (χ4n) is 2.12. The molecule has 6 heteroatoms. The molecule has 1 saturated heterocycles. The second kappa shape index (κ2) is 6.39. The van der Waals surface area contributed by atoms with Crippen LogP contribution in [0, 0.1) is 0 Å². The number of aromatic amines is 1. The van der Waals surface area contributed by atoms with E-state index in [0.717, 1.165) is 25.9 Å². The molecule has 0 spiro atoms. The van der Waals surface area contributed by atoms with Gasteiger partial charge in [-0.05, 0) is 32.1 Å². The maximum atomic E-state index is 11.6. The van der Waals surface area contributed by atoms with Gasteiger partial charge in [0.1, 0.15) is 11.5 Å². The number of rotatable bonds is 6. The van der Waals surface area contributed by atoms with Crippen LogP contribution in [0.15, 0.2) is 6.07 Å². The quantitative estimate of drug-likeness (QED) is 0.660. The van der Waals surface area contributed by atoms with E-state index in [0.29, 0.717) is 24.2 Å². The standard InChI is InChI=1S/C12H20N4O2/c13-11-8-10(15-16-11)12(17)14-6-2-1-4-9-5-3-7-18-9/h8-9H,1-7H2,(H,14,17)(H3,13,15,16)/t9-/m1/s1. The Morgan fingerprint density at radius 2 is 2.50 bits per heavy atom. The Hall–Kier alpha value is -1.56. The van der Waals surface area contributed by atoms with E-state index in [1.54, 1.807) is 0 Å². The van der Waals surface area contributed by atoms with Crippen LogP contribution in [0.4, 0.5) is 5.82 Å². The molecular weight excluding hydrogens is 232 g/mol. The minimum absolute atomic E-state index is 0.156. The lowest BCUT2D eigenvalue weighted by molar-refractivity contribution is 0.0942. The van der Waals surface area contributed by atoms with Crippen LogP contribution in [-0.2, 0) is 4.74 Å². The smallest absolute Gasteiger partial charge is 0.269 e. The lowest BCUT2D eigenvalue weighted by Crippen LogP contribution is -2.25. The highest BCUT2D eigenvalue weighted by atomic mass is 16.5. The van der Waals surface area contributed by atoms with Crippen molar-refractivity contribution < 1.29 is 9.53 Å². The zero-order chi connectivity index (χ0) is 12.8. The Kier molecular flexibility index (Phi) is 4.58. The number of H-pyrrole nitrogens is 1. The number of nitrogen functional groups attached to an aromatic ring is 1. The van der Waals surface area contributed by atoms with Crippen LogP contribution < -0.4 is 11.1 Å². The monoisotopic (exact) mass is 252 g/mol. The van der Waals surface area contributed by atoms with Crippen LogP contribution in [0.5, 0.6) is 0 Å². The third kappa shape index (κ3) is 3.73. The van der Waals surface area contributed by atoms with Gasteiger partial charge in [-0.3, -0.25) is 9.89 Å². The number of carbonyl (C=O) groups excluding carboxylic acids is 1. The van der Waals surface area contributed by atoms with Crippen LogP contribution >= 0.6 is 0 Å². The molecule has 1 aliphatic heterocycles. The first-order valence-corrected chi connectivity index (χ1v) is 6.46. The molecule has 2 heterocycles. The van der Waals surface area contributed by atoms with E-state index in [2.05, 4.69) is 15.5 Å². The summed E-state index contributed by atoms with van der Waals surface area (Å²) in [5.74, 6) is 0.176. The lowest BCUT2D eigenvalue weighted by atomic mass is 10.1. The Bertz CT molecular complexity index is 385. The van der Waals surface area contributed by atoms with Gasteiger partial charge in [0.05, 0.1) is 6.10 Å². The molecule has 4 N–H and O–H groups in total. The van der Waals surface area contributed by atoms with E-state index in [1.807, 2.05) is 0 Å². The average Bonchev–Trinajstić information content (AvgIpc) is 2.99. The Balaban J connectivity index is 1.56. The first-order chi connectivity index (χ1) is 8.75. The summed E-state index contributed by atoms with van der Waals surface area (Å²) >= 11 is 0. The van der Waals surface area contributed by atoms with Gasteiger partial charge < -0.3 is 15.8 Å². The van der Waals surface area contributed by atoms with Crippen molar-refractivity contribution in [3.8, 4) is 0 Å². The third-order valence-corrected chi connectivity index (χ3v) is 3.10. The molecule has 1 aromatic rings. The fourth-order valence-corrected chi connectivity index (χ4v) is 2.12. The average molecular weight is 252 g/mol. The molecule has 2 rings (SSSR count). The van der Waals surface area contributed by atoms with Crippen LogP contribution in [0.25, 0.3) is 0 Å². The molecule has 18 heavy (non-hydrogen) atoms. The largest absolute Gasteiger partial charge is 0.382 e. The van der Waals surface area contributed by atoms with Gasteiger partial charge in [0.2, 0.25) is 0 Å². The summed E-state index contributed by atoms with van der Waals surface area (Å²) < 4.78 is 5.54. The van der Waals surface area contributed by atoms with Crippen LogP contribution in [0.1, 0.15) is 42.6 Å². The van der Waals surface area contributed by atoms with Gasteiger partial charge in [-0.25, -0.2) is 0 Å². The number of anilines is 1. The summed E-state index contributed by atoms with van der Waals surface area (Å²) in [4.78, 5) is 11.6. The van der Waals surface area contributed by atoms with Gasteiger partial charge in [0, 0.05) is 19.2 Å². The van der Waals surface area contributed by atoms with E-state index in [-0.39, 0.29) is 5.91 Å². The highest BCUT2D eigenvalue weighted by Crippen LogP contribution is 2.17. The summed E-state index contributed by atoms with van der Waals surface area (Å²) in [5.41, 5.74) is 5.84. The molecule has 1 fully saturated rings. The Morgan fingerprint density at radius 1 is 1.61 bits per heavy atom. The van der Waals surface area contributed by atoms with Gasteiger partial charge >= 0.3 is 0 Å². The molecule has 1 amide bonds. The number of amides is 1. The Labute approximate surface area is 106 Å². The maximum absolute atomic E-state index is 11.6. The van der Waals surface area contributed by atoms with Crippen molar-refractivity contribution in [2.24, 2.45) is 0 Å². The molecule has 1 atom stereocenters. The number of carbonyl (C=O) groups is 1. The lowest BCUT2D eigenvalue weighted by Gasteiger charge is -2.08. The molecule has 1 aliphatic rings. The van der Waals surface area contributed by atoms with E-state index in [1.165, 1.54) is 18.9 Å². The number of nitrogens with zero attached hydrogens (tertiary/aromatic N) is 1. The summed E-state index contributed by atoms with van der Waals surface area (Å²) in [7, 11) is 0. The van der Waals surface area contributed by atoms with Crippen LogP contribution in [-0.4, -0.2) is 35.4 Å². The SMILES string of the molecule is Nc1cc(C(=O)NCCCC[C@@H]2CCCO2)[nH]n1. The molecule has 1 aromatic heterocycles. The van der Waals surface area contributed by atoms with Crippen molar-refractivity contribution in [3.63, 3.8) is 0 Å². The molecule has 0 aliphatic carbocycles. The molecule has 0 unspecified atom stereocenters. The maximum Gasteiger partial charge on any atom is 0.269 e. The van der Waals surface area contributed by atoms with Crippen LogP contribution in [0.3, 0.4) is 0 Å². The Morgan fingerprint density at radius 3 is 3.17 bits per heavy atom. The second-order valence-corrected chi connectivity index (χ2v) is 4.59. The van der Waals surface area contributed by atoms with Gasteiger partial charge in [0.15, 0.2) is 0 Å². The summed E-state index contributed by atoms with van der Waals surface area (Å²) in [6, 6.07) is 1.53. The molecule has 0 aromatic carbocycles. The van der Waals surface area contributed by atoms with E-state index in [9.17, 15) is 4.79 Å². The second-order valence-electron chi connectivity index (χ2n) is 4.59. The van der Waals surface area contributed by atoms with Crippen molar-refractivity contribution >= 4 is 11.7 Å². The van der Waals surface area contributed by atoms with Crippen molar-refractivity contribution in [3.05, 3.63) is 11.8 Å². The van der Waals surface area contributed by atoms with Crippen molar-refractivity contribution in [2.45, 2.75) is 38.2 Å². The van der Waals surface area contributed by atoms with E-state index < -0.39 is 0 Å². The number of hydrogen-bond donors (Lipinski definition) is 3. The first-order valence-electron chi connectivity index (χ1n) is 6.46. The number of hydrogen-bond acceptors (Lipinski definition) is 4. The van der Waals surface area contributed by atoms with Gasteiger partial charge in [-0.2, -0.15) is 5.10 Å². The molecule has 0 radical (unpaired) electrons. The minimum atomic E-state index is -0.156. The number of unbranched alkanes of at least 4 members (excludes halogenated alkanes) is 1. The molecular formula is C12H20N4O2. The zero-order valence-electron chi connectivity index (χ0n) is 10.4. The zero-order valence-corrected chi connectivity index (χ0v) is 10.4. The summed E-state index contributed by atoms with van der Waals surface area (Å²) in [5, 5.41) is 9.12. The predicted octanol–water partition coefficient (Wildman–Crippen LogP) is 1.07.